The number of carbonyl (C=O) groups excluding carboxylic acids is 2. The van der Waals surface area contributed by atoms with E-state index >= 15 is 0 Å². The fourth-order valence-corrected chi connectivity index (χ4v) is 4.90. The fourth-order valence-electron chi connectivity index (χ4n) is 4.90. The van der Waals surface area contributed by atoms with Crippen molar-refractivity contribution in [2.24, 2.45) is 0 Å². The highest BCUT2D eigenvalue weighted by atomic mass is 19.3. The molecule has 0 fully saturated rings. The molecule has 0 N–H and O–H groups in total. The van der Waals surface area contributed by atoms with E-state index in [1.54, 1.807) is 0 Å². The van der Waals surface area contributed by atoms with Crippen LogP contribution in [0.15, 0.2) is 72.8 Å². The van der Waals surface area contributed by atoms with Gasteiger partial charge in [-0.1, -0.05) is 63.2 Å². The van der Waals surface area contributed by atoms with Gasteiger partial charge in [-0.15, -0.1) is 0 Å². The molecule has 0 saturated heterocycles. The van der Waals surface area contributed by atoms with Crippen LogP contribution in [0.2, 0.25) is 0 Å². The summed E-state index contributed by atoms with van der Waals surface area (Å²) in [5.41, 5.74) is 6.31. The van der Waals surface area contributed by atoms with Gasteiger partial charge in [0, 0.05) is 10.9 Å². The lowest BCUT2D eigenvalue weighted by atomic mass is 9.86. The molecule has 204 valence electrons. The van der Waals surface area contributed by atoms with Gasteiger partial charge in [0.05, 0.1) is 16.8 Å². The first-order chi connectivity index (χ1) is 19.1. The van der Waals surface area contributed by atoms with Crippen LogP contribution in [0, 0.1) is 0 Å². The number of carbonyl (C=O) groups is 2. The van der Waals surface area contributed by atoms with Crippen molar-refractivity contribution in [3.05, 3.63) is 106 Å². The lowest BCUT2D eigenvalue weighted by molar-refractivity contribution is -0.0498. The molecule has 0 aliphatic heterocycles. The Morgan fingerprint density at radius 2 is 1.65 bits per heavy atom. The molecule has 7 heteroatoms. The number of ether oxygens (including phenoxy) is 2. The molecule has 1 heterocycles. The number of aromatic nitrogens is 1. The van der Waals surface area contributed by atoms with E-state index in [0.29, 0.717) is 22.9 Å². The lowest BCUT2D eigenvalue weighted by Crippen LogP contribution is -2.16. The van der Waals surface area contributed by atoms with E-state index in [0.717, 1.165) is 28.8 Å². The number of fused-ring (bicyclic) bond motifs is 2. The van der Waals surface area contributed by atoms with Crippen LogP contribution in [-0.2, 0) is 16.6 Å². The quantitative estimate of drug-likeness (QED) is 0.178. The maximum absolute atomic E-state index is 13.4. The molecule has 3 aromatic carbocycles. The SMILES string of the molecule is CC(C)(C)c1ccc(C=C2CCc3c2nc2ccccc2c3C(=O)OCC(=O)c2ccc(OC(F)F)cc2)cc1. The Kier molecular flexibility index (Phi) is 7.48. The average molecular weight is 542 g/mol. The summed E-state index contributed by atoms with van der Waals surface area (Å²) in [5.74, 6) is -1.11. The smallest absolute Gasteiger partial charge is 0.387 e. The predicted molar refractivity (Wildman–Crippen MR) is 151 cm³/mol. The topological polar surface area (TPSA) is 65.5 Å². The molecular formula is C33H29F2NO4. The second-order valence-corrected chi connectivity index (χ2v) is 10.8. The zero-order valence-corrected chi connectivity index (χ0v) is 22.5. The molecule has 0 atom stereocenters. The fraction of sp³-hybridized carbons (Fsp3) is 0.242. The van der Waals surface area contributed by atoms with E-state index in [1.165, 1.54) is 29.8 Å². The first-order valence-electron chi connectivity index (χ1n) is 13.1. The van der Waals surface area contributed by atoms with Crippen molar-refractivity contribution in [3.63, 3.8) is 0 Å². The van der Waals surface area contributed by atoms with Crippen LogP contribution < -0.4 is 4.74 Å². The molecular weight excluding hydrogens is 512 g/mol. The Morgan fingerprint density at radius 3 is 2.33 bits per heavy atom. The molecule has 0 saturated carbocycles. The number of alkyl halides is 2. The van der Waals surface area contributed by atoms with Crippen LogP contribution in [0.5, 0.6) is 5.75 Å². The molecule has 1 aliphatic carbocycles. The monoisotopic (exact) mass is 541 g/mol. The van der Waals surface area contributed by atoms with Crippen LogP contribution in [0.25, 0.3) is 22.6 Å². The summed E-state index contributed by atoms with van der Waals surface area (Å²) < 4.78 is 34.6. The number of halogens is 2. The van der Waals surface area contributed by atoms with Gasteiger partial charge in [-0.25, -0.2) is 9.78 Å². The van der Waals surface area contributed by atoms with E-state index in [-0.39, 0.29) is 16.7 Å². The van der Waals surface area contributed by atoms with Gasteiger partial charge in [0.15, 0.2) is 12.4 Å². The summed E-state index contributed by atoms with van der Waals surface area (Å²) in [6.07, 6.45) is 3.47. The van der Waals surface area contributed by atoms with Crippen molar-refractivity contribution in [1.82, 2.24) is 4.98 Å². The standard InChI is InChI=1S/C33H29F2NO4/c1-33(2,3)23-13-8-20(9-14-23)18-22-12-17-26-29(25-6-4-5-7-27(25)36-30(22)26)31(38)39-19-28(37)21-10-15-24(16-11-21)40-32(34)35/h4-11,13-16,18,32H,12,17,19H2,1-3H3. The minimum absolute atomic E-state index is 0.0589. The number of hydrogen-bond donors (Lipinski definition) is 0. The van der Waals surface area contributed by atoms with E-state index < -0.39 is 25.0 Å². The van der Waals surface area contributed by atoms with Crippen molar-refractivity contribution < 1.29 is 27.8 Å². The van der Waals surface area contributed by atoms with E-state index in [4.69, 9.17) is 9.72 Å². The van der Waals surface area contributed by atoms with Gasteiger partial charge < -0.3 is 9.47 Å². The number of Topliss-reactive ketones (excluding diaryl/α,β-unsaturated/α-hetero) is 1. The van der Waals surface area contributed by atoms with Gasteiger partial charge in [0.2, 0.25) is 0 Å². The van der Waals surface area contributed by atoms with E-state index in [1.807, 2.05) is 24.3 Å². The highest BCUT2D eigenvalue weighted by Crippen LogP contribution is 2.38. The van der Waals surface area contributed by atoms with Gasteiger partial charge in [-0.3, -0.25) is 4.79 Å². The van der Waals surface area contributed by atoms with Gasteiger partial charge in [0.25, 0.3) is 0 Å². The molecule has 1 aliphatic rings. The van der Waals surface area contributed by atoms with Crippen LogP contribution in [-0.4, -0.2) is 30.0 Å². The van der Waals surface area contributed by atoms with Crippen molar-refractivity contribution >= 4 is 34.3 Å². The van der Waals surface area contributed by atoms with Crippen molar-refractivity contribution in [2.45, 2.75) is 45.6 Å². The van der Waals surface area contributed by atoms with Gasteiger partial charge in [-0.05, 0) is 76.9 Å². The molecule has 0 amide bonds. The first kappa shape index (κ1) is 27.2. The summed E-state index contributed by atoms with van der Waals surface area (Å²) in [6.45, 7) is 3.10. The number of hydrogen-bond acceptors (Lipinski definition) is 5. The maximum atomic E-state index is 13.4. The molecule has 40 heavy (non-hydrogen) atoms. The van der Waals surface area contributed by atoms with Crippen LogP contribution in [0.3, 0.4) is 0 Å². The predicted octanol–water partition coefficient (Wildman–Crippen LogP) is 7.66. The van der Waals surface area contributed by atoms with E-state index in [9.17, 15) is 18.4 Å². The minimum Gasteiger partial charge on any atom is -0.454 e. The minimum atomic E-state index is -2.95. The number of pyridine rings is 1. The molecule has 5 rings (SSSR count). The van der Waals surface area contributed by atoms with Crippen LogP contribution in [0.1, 0.15) is 70.3 Å². The molecule has 0 radical (unpaired) electrons. The normalized spacial score (nSPS) is 14.0. The molecule has 0 spiro atoms. The largest absolute Gasteiger partial charge is 0.454 e. The molecule has 5 nitrogen and oxygen atoms in total. The van der Waals surface area contributed by atoms with Gasteiger partial charge in [-0.2, -0.15) is 8.78 Å². The summed E-state index contributed by atoms with van der Waals surface area (Å²) in [7, 11) is 0. The second kappa shape index (κ2) is 11.0. The number of esters is 1. The zero-order valence-electron chi connectivity index (χ0n) is 22.5. The third-order valence-electron chi connectivity index (χ3n) is 7.00. The first-order valence-corrected chi connectivity index (χ1v) is 13.1. The zero-order chi connectivity index (χ0) is 28.4. The molecule has 0 unspecified atom stereocenters. The van der Waals surface area contributed by atoms with E-state index in [2.05, 4.69) is 55.8 Å². The average Bonchev–Trinajstić information content (AvgIpc) is 3.31. The van der Waals surface area contributed by atoms with Crippen molar-refractivity contribution in [3.8, 4) is 5.75 Å². The van der Waals surface area contributed by atoms with Gasteiger partial charge >= 0.3 is 12.6 Å². The summed E-state index contributed by atoms with van der Waals surface area (Å²) in [4.78, 5) is 31.0. The number of para-hydroxylation sites is 1. The van der Waals surface area contributed by atoms with Gasteiger partial charge in [0.1, 0.15) is 5.75 Å². The Morgan fingerprint density at radius 1 is 0.950 bits per heavy atom. The van der Waals surface area contributed by atoms with Crippen molar-refractivity contribution in [1.29, 1.82) is 0 Å². The third kappa shape index (κ3) is 5.78. The van der Waals surface area contributed by atoms with Crippen molar-refractivity contribution in [2.75, 3.05) is 6.61 Å². The summed E-state index contributed by atoms with van der Waals surface area (Å²) in [5, 5.41) is 0.669. The second-order valence-electron chi connectivity index (χ2n) is 10.8. The Labute approximate surface area is 231 Å². The van der Waals surface area contributed by atoms with Crippen LogP contribution >= 0.6 is 0 Å². The third-order valence-corrected chi connectivity index (χ3v) is 7.00. The number of benzene rings is 3. The lowest BCUT2D eigenvalue weighted by Gasteiger charge is -2.18. The Balaban J connectivity index is 1.40. The highest BCUT2D eigenvalue weighted by molar-refractivity contribution is 6.08. The highest BCUT2D eigenvalue weighted by Gasteiger charge is 2.28. The summed E-state index contributed by atoms with van der Waals surface area (Å²) >= 11 is 0. The number of nitrogens with zero attached hydrogens (tertiary/aromatic N) is 1. The summed E-state index contributed by atoms with van der Waals surface area (Å²) in [6, 6.07) is 21.1. The number of rotatable bonds is 7. The number of allylic oxidation sites excluding steroid dienone is 1. The Hall–Kier alpha value is -4.39. The molecule has 0 bridgehead atoms. The number of ketones is 1. The maximum Gasteiger partial charge on any atom is 0.387 e. The Bertz CT molecular complexity index is 1600. The molecule has 1 aromatic heterocycles. The van der Waals surface area contributed by atoms with Crippen LogP contribution in [0.4, 0.5) is 8.78 Å². The molecule has 4 aromatic rings.